The molecule has 0 fully saturated rings. The van der Waals surface area contributed by atoms with Crippen LogP contribution in [0, 0.1) is 10.1 Å². The second kappa shape index (κ2) is 9.58. The van der Waals surface area contributed by atoms with E-state index in [2.05, 4.69) is 20.7 Å². The Bertz CT molecular complexity index is 950. The Kier molecular flexibility index (Phi) is 7.17. The normalized spacial score (nSPS) is 10.8. The van der Waals surface area contributed by atoms with Gasteiger partial charge in [-0.2, -0.15) is 13.2 Å². The lowest BCUT2D eigenvalue weighted by Crippen LogP contribution is -2.28. The molecule has 12 heteroatoms. The maximum absolute atomic E-state index is 12.5. The molecule has 0 aliphatic heterocycles. The number of hydrogen-bond acceptors (Lipinski definition) is 5. The fourth-order valence-corrected chi connectivity index (χ4v) is 2.32. The van der Waals surface area contributed by atoms with Crippen LogP contribution in [0.3, 0.4) is 0 Å². The average molecular weight is 426 g/mol. The van der Waals surface area contributed by atoms with Gasteiger partial charge < -0.3 is 20.7 Å². The zero-order valence-corrected chi connectivity index (χ0v) is 15.6. The second-order valence-electron chi connectivity index (χ2n) is 5.86. The largest absolute Gasteiger partial charge is 0.484 e. The Hall–Kier alpha value is -3.83. The number of hydrogen-bond donors (Lipinski definition) is 3. The SMILES string of the molecule is CCNC(=O)Nc1cccc(NC(=O)c2cc(OCC(F)(F)F)ccc2[N+](=O)[O-])c1. The zero-order chi connectivity index (χ0) is 22.3. The lowest BCUT2D eigenvalue weighted by Gasteiger charge is -2.12. The number of carbonyl (C=O) groups is 2. The van der Waals surface area contributed by atoms with Gasteiger partial charge in [0.25, 0.3) is 11.6 Å². The smallest absolute Gasteiger partial charge is 0.422 e. The van der Waals surface area contributed by atoms with E-state index in [1.54, 1.807) is 13.0 Å². The van der Waals surface area contributed by atoms with Crippen LogP contribution in [0.25, 0.3) is 0 Å². The van der Waals surface area contributed by atoms with Gasteiger partial charge in [0.1, 0.15) is 11.3 Å². The van der Waals surface area contributed by atoms with Crippen LogP contribution in [0.5, 0.6) is 5.75 Å². The molecule has 3 N–H and O–H groups in total. The minimum atomic E-state index is -4.61. The third kappa shape index (κ3) is 6.65. The number of nitrogens with zero attached hydrogens (tertiary/aromatic N) is 1. The molecule has 2 aromatic rings. The van der Waals surface area contributed by atoms with Crippen LogP contribution in [0.1, 0.15) is 17.3 Å². The molecule has 9 nitrogen and oxygen atoms in total. The summed E-state index contributed by atoms with van der Waals surface area (Å²) in [6.45, 7) is 0.522. The molecule has 160 valence electrons. The maximum atomic E-state index is 12.5. The standard InChI is InChI=1S/C18H17F3N4O5/c1-2-22-17(27)24-12-5-3-4-11(8-12)23-16(26)14-9-13(30-10-18(19,20)21)6-7-15(14)25(28)29/h3-9H,2,10H2,1H3,(H,23,26)(H2,22,24,27). The average Bonchev–Trinajstić information content (AvgIpc) is 2.66. The molecular weight excluding hydrogens is 409 g/mol. The van der Waals surface area contributed by atoms with Crippen LogP contribution in [-0.2, 0) is 0 Å². The van der Waals surface area contributed by atoms with Gasteiger partial charge in [-0.3, -0.25) is 14.9 Å². The van der Waals surface area contributed by atoms with Crippen molar-refractivity contribution in [2.24, 2.45) is 0 Å². The molecule has 2 aromatic carbocycles. The van der Waals surface area contributed by atoms with Gasteiger partial charge in [-0.05, 0) is 37.3 Å². The quantitative estimate of drug-likeness (QED) is 0.457. The fraction of sp³-hybridized carbons (Fsp3) is 0.222. The fourth-order valence-electron chi connectivity index (χ4n) is 2.32. The number of nitro groups is 1. The number of nitrogens with one attached hydrogen (secondary N) is 3. The van der Waals surface area contributed by atoms with Crippen LogP contribution in [0.4, 0.5) is 35.0 Å². The van der Waals surface area contributed by atoms with Gasteiger partial charge in [0.2, 0.25) is 0 Å². The number of alkyl halides is 3. The van der Waals surface area contributed by atoms with E-state index in [9.17, 15) is 32.9 Å². The summed E-state index contributed by atoms with van der Waals surface area (Å²) in [7, 11) is 0. The van der Waals surface area contributed by atoms with E-state index in [1.807, 2.05) is 0 Å². The van der Waals surface area contributed by atoms with Crippen LogP contribution < -0.4 is 20.7 Å². The summed E-state index contributed by atoms with van der Waals surface area (Å²) in [4.78, 5) is 34.5. The Morgan fingerprint density at radius 3 is 2.37 bits per heavy atom. The van der Waals surface area contributed by atoms with Crippen molar-refractivity contribution in [1.29, 1.82) is 0 Å². The number of benzene rings is 2. The molecule has 0 radical (unpaired) electrons. The summed E-state index contributed by atoms with van der Waals surface area (Å²) in [5.74, 6) is -1.29. The highest BCUT2D eigenvalue weighted by atomic mass is 19.4. The number of rotatable bonds is 7. The minimum Gasteiger partial charge on any atom is -0.484 e. The molecule has 2 rings (SSSR count). The van der Waals surface area contributed by atoms with E-state index < -0.39 is 40.9 Å². The van der Waals surface area contributed by atoms with Gasteiger partial charge in [-0.1, -0.05) is 6.07 Å². The number of anilines is 2. The topological polar surface area (TPSA) is 123 Å². The molecule has 0 bridgehead atoms. The molecule has 0 aliphatic rings. The highest BCUT2D eigenvalue weighted by Crippen LogP contribution is 2.27. The van der Waals surface area contributed by atoms with Crippen molar-refractivity contribution in [3.8, 4) is 5.75 Å². The van der Waals surface area contributed by atoms with Gasteiger partial charge in [0, 0.05) is 24.0 Å². The highest BCUT2D eigenvalue weighted by Gasteiger charge is 2.29. The van der Waals surface area contributed by atoms with Gasteiger partial charge in [-0.25, -0.2) is 4.79 Å². The molecule has 0 saturated heterocycles. The van der Waals surface area contributed by atoms with Crippen LogP contribution in [-0.4, -0.2) is 36.2 Å². The summed E-state index contributed by atoms with van der Waals surface area (Å²) in [5, 5.41) is 18.7. The van der Waals surface area contributed by atoms with Crippen molar-refractivity contribution in [2.45, 2.75) is 13.1 Å². The van der Waals surface area contributed by atoms with Crippen LogP contribution in [0.15, 0.2) is 42.5 Å². The molecule has 0 heterocycles. The van der Waals surface area contributed by atoms with Crippen LogP contribution >= 0.6 is 0 Å². The first kappa shape index (κ1) is 22.5. The van der Waals surface area contributed by atoms with Crippen molar-refractivity contribution >= 4 is 29.0 Å². The molecule has 0 spiro atoms. The summed E-state index contributed by atoms with van der Waals surface area (Å²) in [6.07, 6.45) is -4.61. The van der Waals surface area contributed by atoms with Gasteiger partial charge in [-0.15, -0.1) is 0 Å². The first-order chi connectivity index (χ1) is 14.1. The first-order valence-electron chi connectivity index (χ1n) is 8.53. The number of ether oxygens (including phenoxy) is 1. The Morgan fingerprint density at radius 1 is 1.10 bits per heavy atom. The van der Waals surface area contributed by atoms with E-state index >= 15 is 0 Å². The number of carbonyl (C=O) groups excluding carboxylic acids is 2. The lowest BCUT2D eigenvalue weighted by molar-refractivity contribution is -0.385. The zero-order valence-electron chi connectivity index (χ0n) is 15.6. The van der Waals surface area contributed by atoms with Crippen molar-refractivity contribution < 1.29 is 32.4 Å². The van der Waals surface area contributed by atoms with Gasteiger partial charge in [0.15, 0.2) is 6.61 Å². The molecular formula is C18H17F3N4O5. The third-order valence-corrected chi connectivity index (χ3v) is 3.53. The number of urea groups is 1. The predicted octanol–water partition coefficient (Wildman–Crippen LogP) is 3.93. The molecule has 30 heavy (non-hydrogen) atoms. The van der Waals surface area contributed by atoms with Gasteiger partial charge >= 0.3 is 12.2 Å². The molecule has 0 aliphatic carbocycles. The maximum Gasteiger partial charge on any atom is 0.422 e. The first-order valence-corrected chi connectivity index (χ1v) is 8.53. The summed E-state index contributed by atoms with van der Waals surface area (Å²) in [5.41, 5.74) is -0.550. The number of halogens is 3. The van der Waals surface area contributed by atoms with E-state index in [4.69, 9.17) is 0 Å². The molecule has 3 amide bonds. The van der Waals surface area contributed by atoms with E-state index in [0.29, 0.717) is 12.2 Å². The van der Waals surface area contributed by atoms with E-state index in [0.717, 1.165) is 18.2 Å². The summed E-state index contributed by atoms with van der Waals surface area (Å²) in [6, 6.07) is 8.19. The Balaban J connectivity index is 2.22. The highest BCUT2D eigenvalue weighted by molar-refractivity contribution is 6.07. The van der Waals surface area contributed by atoms with Crippen molar-refractivity contribution in [3.63, 3.8) is 0 Å². The summed E-state index contributed by atoms with van der Waals surface area (Å²) >= 11 is 0. The molecule has 0 aromatic heterocycles. The molecule has 0 unspecified atom stereocenters. The monoisotopic (exact) mass is 426 g/mol. The van der Waals surface area contributed by atoms with Gasteiger partial charge in [0.05, 0.1) is 4.92 Å². The Morgan fingerprint density at radius 2 is 1.77 bits per heavy atom. The van der Waals surface area contributed by atoms with Crippen molar-refractivity contribution in [2.75, 3.05) is 23.8 Å². The number of amides is 3. The van der Waals surface area contributed by atoms with E-state index in [-0.39, 0.29) is 11.4 Å². The predicted molar refractivity (Wildman–Crippen MR) is 102 cm³/mol. The Labute approximate surface area is 168 Å². The lowest BCUT2D eigenvalue weighted by atomic mass is 10.1. The third-order valence-electron chi connectivity index (χ3n) is 3.53. The van der Waals surface area contributed by atoms with Crippen molar-refractivity contribution in [1.82, 2.24) is 5.32 Å². The second-order valence-corrected chi connectivity index (χ2v) is 5.86. The minimum absolute atomic E-state index is 0.199. The summed E-state index contributed by atoms with van der Waals surface area (Å²) < 4.78 is 41.5. The van der Waals surface area contributed by atoms with E-state index in [1.165, 1.54) is 18.2 Å². The number of nitro benzene ring substituents is 1. The molecule has 0 atom stereocenters. The molecule has 0 saturated carbocycles. The van der Waals surface area contributed by atoms with Crippen LogP contribution in [0.2, 0.25) is 0 Å². The van der Waals surface area contributed by atoms with Crippen molar-refractivity contribution in [3.05, 3.63) is 58.1 Å².